The molecular formula is C20H21N3O5S2. The van der Waals surface area contributed by atoms with Crippen molar-refractivity contribution >= 4 is 44.9 Å². The molecule has 1 aromatic carbocycles. The Morgan fingerprint density at radius 1 is 1.23 bits per heavy atom. The van der Waals surface area contributed by atoms with Crippen molar-refractivity contribution in [1.82, 2.24) is 9.21 Å². The van der Waals surface area contributed by atoms with Crippen LogP contribution >= 0.6 is 11.3 Å². The normalized spacial score (nSPS) is 20.0. The van der Waals surface area contributed by atoms with Crippen LogP contribution < -0.4 is 10.1 Å². The molecule has 1 N–H and O–H groups in total. The van der Waals surface area contributed by atoms with Crippen LogP contribution in [0, 0.1) is 0 Å². The minimum Gasteiger partial charge on any atom is -0.479 e. The van der Waals surface area contributed by atoms with E-state index in [2.05, 4.69) is 5.32 Å². The molecule has 2 amide bonds. The molecule has 0 unspecified atom stereocenters. The van der Waals surface area contributed by atoms with Gasteiger partial charge in [-0.25, -0.2) is 8.42 Å². The van der Waals surface area contributed by atoms with Crippen LogP contribution in [0.1, 0.15) is 11.8 Å². The van der Waals surface area contributed by atoms with E-state index in [1.165, 1.54) is 22.5 Å². The quantitative estimate of drug-likeness (QED) is 0.724. The van der Waals surface area contributed by atoms with Gasteiger partial charge in [-0.2, -0.15) is 4.31 Å². The zero-order chi connectivity index (χ0) is 21.3. The fourth-order valence-corrected chi connectivity index (χ4v) is 5.36. The molecule has 30 heavy (non-hydrogen) atoms. The van der Waals surface area contributed by atoms with Gasteiger partial charge in [-0.15, -0.1) is 11.3 Å². The van der Waals surface area contributed by atoms with E-state index in [1.807, 2.05) is 17.5 Å². The Balaban J connectivity index is 1.42. The number of carbonyl (C=O) groups excluding carboxylic acids is 2. The summed E-state index contributed by atoms with van der Waals surface area (Å²) in [4.78, 5) is 26.9. The van der Waals surface area contributed by atoms with E-state index >= 15 is 0 Å². The first-order valence-electron chi connectivity index (χ1n) is 9.47. The van der Waals surface area contributed by atoms with Crippen LogP contribution in [0.2, 0.25) is 0 Å². The maximum Gasteiger partial charge on any atom is 0.265 e. The molecule has 0 aliphatic carbocycles. The zero-order valence-electron chi connectivity index (χ0n) is 16.3. The predicted molar refractivity (Wildman–Crippen MR) is 114 cm³/mol. The summed E-state index contributed by atoms with van der Waals surface area (Å²) in [5, 5.41) is 4.60. The van der Waals surface area contributed by atoms with Crippen molar-refractivity contribution in [2.75, 3.05) is 31.5 Å². The average molecular weight is 448 g/mol. The Morgan fingerprint density at radius 3 is 2.70 bits per heavy atom. The number of thiophene rings is 1. The van der Waals surface area contributed by atoms with Crippen molar-refractivity contribution < 1.29 is 22.7 Å². The summed E-state index contributed by atoms with van der Waals surface area (Å²) in [5.74, 6) is -0.0167. The Hall–Kier alpha value is -2.69. The maximum atomic E-state index is 13.0. The third-order valence-electron chi connectivity index (χ3n) is 5.00. The second kappa shape index (κ2) is 8.21. The number of hydrogen-bond donors (Lipinski definition) is 1. The molecule has 3 heterocycles. The summed E-state index contributed by atoms with van der Waals surface area (Å²) in [7, 11) is -3.75. The maximum absolute atomic E-state index is 13.0. The van der Waals surface area contributed by atoms with Crippen LogP contribution in [0.3, 0.4) is 0 Å². The largest absolute Gasteiger partial charge is 0.479 e. The van der Waals surface area contributed by atoms with Crippen molar-refractivity contribution in [1.29, 1.82) is 0 Å². The molecule has 8 nitrogen and oxygen atoms in total. The number of carbonyl (C=O) groups is 2. The average Bonchev–Trinajstić information content (AvgIpc) is 3.26. The lowest BCUT2D eigenvalue weighted by molar-refractivity contribution is -0.127. The number of nitrogens with zero attached hydrogens (tertiary/aromatic N) is 2. The third-order valence-corrected chi connectivity index (χ3v) is 7.74. The van der Waals surface area contributed by atoms with Crippen LogP contribution in [-0.4, -0.2) is 61.7 Å². The molecule has 1 saturated heterocycles. The summed E-state index contributed by atoms with van der Waals surface area (Å²) in [6.07, 6.45) is 2.66. The Kier molecular flexibility index (Phi) is 5.63. The fourth-order valence-electron chi connectivity index (χ4n) is 3.29. The fraction of sp³-hybridized carbons (Fsp3) is 0.300. The van der Waals surface area contributed by atoms with Gasteiger partial charge >= 0.3 is 0 Å². The number of ether oxygens (including phenoxy) is 1. The Bertz CT molecular complexity index is 1090. The summed E-state index contributed by atoms with van der Waals surface area (Å²) in [6.45, 7) is 2.67. The van der Waals surface area contributed by atoms with Gasteiger partial charge in [0.05, 0.1) is 10.6 Å². The molecule has 0 spiro atoms. The molecule has 1 aromatic heterocycles. The van der Waals surface area contributed by atoms with Crippen LogP contribution in [0.4, 0.5) is 5.69 Å². The number of piperazine rings is 1. The topological polar surface area (TPSA) is 96.0 Å². The number of sulfonamides is 1. The van der Waals surface area contributed by atoms with Gasteiger partial charge in [0.15, 0.2) is 6.10 Å². The molecule has 4 rings (SSSR count). The summed E-state index contributed by atoms with van der Waals surface area (Å²) in [6, 6.07) is 8.27. The summed E-state index contributed by atoms with van der Waals surface area (Å²) < 4.78 is 32.9. The number of hydrogen-bond acceptors (Lipinski definition) is 6. The van der Waals surface area contributed by atoms with Gasteiger partial charge in [-0.1, -0.05) is 6.07 Å². The van der Waals surface area contributed by atoms with Crippen molar-refractivity contribution in [3.05, 3.63) is 46.7 Å². The van der Waals surface area contributed by atoms with Crippen molar-refractivity contribution in [2.45, 2.75) is 17.9 Å². The highest BCUT2D eigenvalue weighted by Gasteiger charge is 2.31. The minimum atomic E-state index is -3.75. The van der Waals surface area contributed by atoms with Crippen molar-refractivity contribution in [3.8, 4) is 5.75 Å². The molecule has 2 aliphatic heterocycles. The second-order valence-electron chi connectivity index (χ2n) is 6.99. The smallest absolute Gasteiger partial charge is 0.265 e. The van der Waals surface area contributed by atoms with Crippen LogP contribution in [0.5, 0.6) is 5.75 Å². The zero-order valence-corrected chi connectivity index (χ0v) is 17.9. The van der Waals surface area contributed by atoms with E-state index < -0.39 is 16.1 Å². The highest BCUT2D eigenvalue weighted by molar-refractivity contribution is 7.89. The molecule has 1 fully saturated rings. The van der Waals surface area contributed by atoms with Gasteiger partial charge in [0.25, 0.3) is 5.91 Å². The first kappa shape index (κ1) is 20.6. The highest BCUT2D eigenvalue weighted by Crippen LogP contribution is 2.32. The van der Waals surface area contributed by atoms with Gasteiger partial charge in [-0.05, 0) is 42.6 Å². The summed E-state index contributed by atoms with van der Waals surface area (Å²) >= 11 is 1.54. The van der Waals surface area contributed by atoms with E-state index in [1.54, 1.807) is 35.3 Å². The number of anilines is 1. The van der Waals surface area contributed by atoms with E-state index in [-0.39, 0.29) is 29.8 Å². The first-order chi connectivity index (χ1) is 14.3. The molecular weight excluding hydrogens is 426 g/mol. The SMILES string of the molecule is C[C@H]1Oc2ccc(S(=O)(=O)N3CCN(C(=O)/C=C/c4cccs4)CC3)cc2NC1=O. The van der Waals surface area contributed by atoms with E-state index in [4.69, 9.17) is 4.74 Å². The Labute approximate surface area is 178 Å². The lowest BCUT2D eigenvalue weighted by atomic mass is 10.2. The molecule has 10 heteroatoms. The third kappa shape index (κ3) is 4.11. The number of fused-ring (bicyclic) bond motifs is 1. The van der Waals surface area contributed by atoms with Gasteiger partial charge in [0.1, 0.15) is 5.75 Å². The lowest BCUT2D eigenvalue weighted by Gasteiger charge is -2.33. The van der Waals surface area contributed by atoms with E-state index in [0.717, 1.165) is 4.88 Å². The minimum absolute atomic E-state index is 0.0806. The number of amides is 2. The number of nitrogens with one attached hydrogen (secondary N) is 1. The number of rotatable bonds is 4. The first-order valence-corrected chi connectivity index (χ1v) is 11.8. The molecule has 0 saturated carbocycles. The molecule has 0 radical (unpaired) electrons. The Morgan fingerprint density at radius 2 is 2.00 bits per heavy atom. The highest BCUT2D eigenvalue weighted by atomic mass is 32.2. The van der Waals surface area contributed by atoms with Gasteiger partial charge < -0.3 is 15.0 Å². The van der Waals surface area contributed by atoms with Crippen molar-refractivity contribution in [3.63, 3.8) is 0 Å². The van der Waals surface area contributed by atoms with E-state index in [0.29, 0.717) is 24.5 Å². The monoisotopic (exact) mass is 447 g/mol. The van der Waals surface area contributed by atoms with Gasteiger partial charge in [0.2, 0.25) is 15.9 Å². The molecule has 0 bridgehead atoms. The van der Waals surface area contributed by atoms with E-state index in [9.17, 15) is 18.0 Å². The molecule has 2 aliphatic rings. The second-order valence-corrected chi connectivity index (χ2v) is 9.90. The molecule has 2 aromatic rings. The predicted octanol–water partition coefficient (Wildman–Crippen LogP) is 2.01. The number of benzene rings is 1. The summed E-state index contributed by atoms with van der Waals surface area (Å²) in [5.41, 5.74) is 0.340. The van der Waals surface area contributed by atoms with Crippen LogP contribution in [0.25, 0.3) is 6.08 Å². The molecule has 158 valence electrons. The van der Waals surface area contributed by atoms with Crippen molar-refractivity contribution in [2.24, 2.45) is 0 Å². The molecule has 1 atom stereocenters. The van der Waals surface area contributed by atoms with Crippen LogP contribution in [0.15, 0.2) is 46.7 Å². The van der Waals surface area contributed by atoms with Gasteiger partial charge in [0, 0.05) is 37.1 Å². The standard InChI is InChI=1S/C20H21N3O5S2/c1-14-20(25)21-17-13-16(5-6-18(17)28-14)30(26,27)23-10-8-22(9-11-23)19(24)7-4-15-3-2-12-29-15/h2-7,12-14H,8-11H2,1H3,(H,21,25)/b7-4+/t14-/m1/s1. The lowest BCUT2D eigenvalue weighted by Crippen LogP contribution is -2.50. The van der Waals surface area contributed by atoms with Crippen LogP contribution in [-0.2, 0) is 19.6 Å². The van der Waals surface area contributed by atoms with Gasteiger partial charge in [-0.3, -0.25) is 9.59 Å².